The first kappa shape index (κ1) is 13.5. The predicted molar refractivity (Wildman–Crippen MR) is 78.5 cm³/mol. The molecule has 1 saturated heterocycles. The fraction of sp³-hybridized carbons (Fsp3) is 0.600. The largest absolute Gasteiger partial charge is 0.396 e. The topological polar surface area (TPSA) is 54.2 Å². The van der Waals surface area contributed by atoms with Crippen LogP contribution in [-0.4, -0.2) is 44.7 Å². The van der Waals surface area contributed by atoms with E-state index in [1.807, 2.05) is 18.3 Å². The summed E-state index contributed by atoms with van der Waals surface area (Å²) in [7, 11) is 2.18. The highest BCUT2D eigenvalue weighted by molar-refractivity contribution is 5.71. The Morgan fingerprint density at radius 3 is 3.10 bits per heavy atom. The summed E-state index contributed by atoms with van der Waals surface area (Å²) in [5, 5.41) is 9.09. The van der Waals surface area contributed by atoms with E-state index in [0.29, 0.717) is 6.17 Å². The second-order valence-electron chi connectivity index (χ2n) is 5.53. The fourth-order valence-electron chi connectivity index (χ4n) is 3.09. The number of hydrogen-bond acceptors (Lipinski definition) is 4. The van der Waals surface area contributed by atoms with Crippen molar-refractivity contribution in [3.63, 3.8) is 0 Å². The lowest BCUT2D eigenvalue weighted by atomic mass is 10.1. The number of piperidine rings is 1. The molecule has 1 unspecified atom stereocenters. The van der Waals surface area contributed by atoms with Crippen LogP contribution < -0.4 is 0 Å². The third-order valence-electron chi connectivity index (χ3n) is 4.11. The summed E-state index contributed by atoms with van der Waals surface area (Å²) >= 11 is 0. The molecule has 1 N–H and O–H groups in total. The Morgan fingerprint density at radius 1 is 1.40 bits per heavy atom. The molecule has 5 nitrogen and oxygen atoms in total. The van der Waals surface area contributed by atoms with Gasteiger partial charge in [-0.05, 0) is 51.4 Å². The van der Waals surface area contributed by atoms with E-state index in [-0.39, 0.29) is 6.61 Å². The van der Waals surface area contributed by atoms with Crippen molar-refractivity contribution < 1.29 is 5.11 Å². The van der Waals surface area contributed by atoms with Gasteiger partial charge in [-0.1, -0.05) is 0 Å². The van der Waals surface area contributed by atoms with Gasteiger partial charge in [-0.2, -0.15) is 0 Å². The molecule has 2 aromatic rings. The van der Waals surface area contributed by atoms with Crippen molar-refractivity contribution in [1.82, 2.24) is 19.4 Å². The molecule has 0 amide bonds. The third kappa shape index (κ3) is 2.43. The molecule has 0 aromatic carbocycles. The number of aliphatic hydroxyl groups is 1. The van der Waals surface area contributed by atoms with Crippen LogP contribution in [0.4, 0.5) is 0 Å². The summed E-state index contributed by atoms with van der Waals surface area (Å²) in [6, 6.07) is 3.95. The summed E-state index contributed by atoms with van der Waals surface area (Å²) in [5.41, 5.74) is 1.93. The van der Waals surface area contributed by atoms with Crippen molar-refractivity contribution in [2.45, 2.75) is 38.3 Å². The van der Waals surface area contributed by atoms with Gasteiger partial charge in [-0.15, -0.1) is 0 Å². The first-order valence-electron chi connectivity index (χ1n) is 7.44. The van der Waals surface area contributed by atoms with E-state index in [9.17, 15) is 0 Å². The van der Waals surface area contributed by atoms with Gasteiger partial charge in [0.25, 0.3) is 0 Å². The molecule has 2 aromatic heterocycles. The van der Waals surface area contributed by atoms with E-state index in [1.165, 1.54) is 12.8 Å². The molecule has 20 heavy (non-hydrogen) atoms. The van der Waals surface area contributed by atoms with Crippen LogP contribution in [0.25, 0.3) is 11.2 Å². The number of hydrogen-bond donors (Lipinski definition) is 1. The van der Waals surface area contributed by atoms with E-state index in [2.05, 4.69) is 21.5 Å². The molecule has 0 spiro atoms. The maximum absolute atomic E-state index is 9.09. The molecule has 108 valence electrons. The molecule has 3 heterocycles. The van der Waals surface area contributed by atoms with Gasteiger partial charge in [0, 0.05) is 19.2 Å². The molecular formula is C15H22N4O. The number of fused-ring (bicyclic) bond motifs is 1. The minimum atomic E-state index is 0.205. The molecule has 5 heteroatoms. The van der Waals surface area contributed by atoms with Crippen molar-refractivity contribution in [1.29, 1.82) is 0 Å². The highest BCUT2D eigenvalue weighted by Crippen LogP contribution is 2.29. The monoisotopic (exact) mass is 274 g/mol. The van der Waals surface area contributed by atoms with Crippen molar-refractivity contribution in [2.75, 3.05) is 20.2 Å². The first-order valence-corrected chi connectivity index (χ1v) is 7.44. The molecule has 1 aliphatic rings. The predicted octanol–water partition coefficient (Wildman–Crippen LogP) is 1.97. The van der Waals surface area contributed by atoms with Crippen LogP contribution in [-0.2, 0) is 6.42 Å². The molecule has 0 saturated carbocycles. The smallest absolute Gasteiger partial charge is 0.161 e. The maximum Gasteiger partial charge on any atom is 0.161 e. The van der Waals surface area contributed by atoms with Gasteiger partial charge in [0.2, 0.25) is 0 Å². The van der Waals surface area contributed by atoms with Crippen molar-refractivity contribution in [2.24, 2.45) is 0 Å². The maximum atomic E-state index is 9.09. The fourth-order valence-corrected chi connectivity index (χ4v) is 3.09. The van der Waals surface area contributed by atoms with Gasteiger partial charge in [-0.3, -0.25) is 9.47 Å². The minimum Gasteiger partial charge on any atom is -0.396 e. The number of aliphatic hydroxyl groups excluding tert-OH is 1. The molecule has 0 radical (unpaired) electrons. The SMILES string of the molecule is CN1CCCCC1n1c(CCCO)nc2cccnc21. The first-order chi connectivity index (χ1) is 9.81. The van der Waals surface area contributed by atoms with E-state index in [0.717, 1.165) is 42.8 Å². The zero-order valence-corrected chi connectivity index (χ0v) is 12.0. The van der Waals surface area contributed by atoms with Crippen LogP contribution in [0.1, 0.15) is 37.7 Å². The lowest BCUT2D eigenvalue weighted by Gasteiger charge is -2.34. The van der Waals surface area contributed by atoms with Crippen LogP contribution in [0.2, 0.25) is 0 Å². The molecular weight excluding hydrogens is 252 g/mol. The number of imidazole rings is 1. The Morgan fingerprint density at radius 2 is 2.30 bits per heavy atom. The highest BCUT2D eigenvalue weighted by Gasteiger charge is 2.25. The van der Waals surface area contributed by atoms with E-state index < -0.39 is 0 Å². The number of aryl methyl sites for hydroxylation is 1. The van der Waals surface area contributed by atoms with Crippen LogP contribution in [0.5, 0.6) is 0 Å². The zero-order chi connectivity index (χ0) is 13.9. The average Bonchev–Trinajstić information content (AvgIpc) is 2.84. The van der Waals surface area contributed by atoms with Crippen molar-refractivity contribution in [3.8, 4) is 0 Å². The summed E-state index contributed by atoms with van der Waals surface area (Å²) in [6.45, 7) is 1.33. The number of likely N-dealkylation sites (tertiary alicyclic amines) is 1. The number of pyridine rings is 1. The van der Waals surface area contributed by atoms with Crippen LogP contribution in [0.3, 0.4) is 0 Å². The van der Waals surface area contributed by atoms with Crippen LogP contribution in [0.15, 0.2) is 18.3 Å². The summed E-state index contributed by atoms with van der Waals surface area (Å²) in [4.78, 5) is 11.6. The van der Waals surface area contributed by atoms with E-state index >= 15 is 0 Å². The Kier molecular flexibility index (Phi) is 3.98. The lowest BCUT2D eigenvalue weighted by Crippen LogP contribution is -2.34. The van der Waals surface area contributed by atoms with Crippen LogP contribution >= 0.6 is 0 Å². The van der Waals surface area contributed by atoms with E-state index in [1.54, 1.807) is 0 Å². The summed E-state index contributed by atoms with van der Waals surface area (Å²) in [5.74, 6) is 1.05. The highest BCUT2D eigenvalue weighted by atomic mass is 16.2. The zero-order valence-electron chi connectivity index (χ0n) is 12.0. The number of aromatic nitrogens is 3. The average molecular weight is 274 g/mol. The van der Waals surface area contributed by atoms with Gasteiger partial charge in [0.15, 0.2) is 5.65 Å². The third-order valence-corrected chi connectivity index (χ3v) is 4.11. The minimum absolute atomic E-state index is 0.205. The number of nitrogens with zero attached hydrogens (tertiary/aromatic N) is 4. The Hall–Kier alpha value is -1.46. The second-order valence-corrected chi connectivity index (χ2v) is 5.53. The van der Waals surface area contributed by atoms with Crippen molar-refractivity contribution >= 4 is 11.2 Å². The van der Waals surface area contributed by atoms with Crippen LogP contribution in [0, 0.1) is 0 Å². The second kappa shape index (κ2) is 5.89. The Labute approximate surface area is 119 Å². The Balaban J connectivity index is 2.05. The summed E-state index contributed by atoms with van der Waals surface area (Å²) in [6.07, 6.45) is 7.39. The quantitative estimate of drug-likeness (QED) is 0.926. The van der Waals surface area contributed by atoms with Gasteiger partial charge in [-0.25, -0.2) is 9.97 Å². The molecule has 3 rings (SSSR count). The molecule has 1 fully saturated rings. The lowest BCUT2D eigenvalue weighted by molar-refractivity contribution is 0.127. The molecule has 0 aliphatic carbocycles. The normalized spacial score (nSPS) is 20.6. The van der Waals surface area contributed by atoms with Gasteiger partial charge in [0.1, 0.15) is 11.3 Å². The van der Waals surface area contributed by atoms with Gasteiger partial charge < -0.3 is 5.11 Å². The molecule has 1 atom stereocenters. The van der Waals surface area contributed by atoms with E-state index in [4.69, 9.17) is 10.1 Å². The molecule has 0 bridgehead atoms. The summed E-state index contributed by atoms with van der Waals surface area (Å²) < 4.78 is 2.28. The van der Waals surface area contributed by atoms with Gasteiger partial charge >= 0.3 is 0 Å². The van der Waals surface area contributed by atoms with Gasteiger partial charge in [0.05, 0.1) is 6.17 Å². The standard InChI is InChI=1S/C15H22N4O/c1-18-10-3-2-8-14(18)19-13(7-5-11-20)17-12-6-4-9-16-15(12)19/h4,6,9,14,20H,2-3,5,7-8,10-11H2,1H3. The van der Waals surface area contributed by atoms with Crippen molar-refractivity contribution in [3.05, 3.63) is 24.2 Å². The Bertz CT molecular complexity index is 580. The number of rotatable bonds is 4. The molecule has 1 aliphatic heterocycles.